The Hall–Kier alpha value is -2.76. The summed E-state index contributed by atoms with van der Waals surface area (Å²) in [7, 11) is -9.31. The van der Waals surface area contributed by atoms with Crippen molar-refractivity contribution >= 4 is 29.7 Å². The highest BCUT2D eigenvalue weighted by Gasteiger charge is 2.45. The van der Waals surface area contributed by atoms with E-state index in [1.807, 2.05) is 18.2 Å². The maximum atomic E-state index is 14.7. The highest BCUT2D eigenvalue weighted by molar-refractivity contribution is 7.86. The summed E-state index contributed by atoms with van der Waals surface area (Å²) in [6.45, 7) is 9.78. The molecule has 0 aromatic heterocycles. The molecule has 0 aliphatic rings. The SMILES string of the molecule is CCC(=O)OC(OP(=O)(OC(OC(=O)CC)C(C)C)C(CCc1cccc(Oc2ccccc2)c1)CS(=O)(=O)O)C(C)C. The average molecular weight is 643 g/mol. The average Bonchev–Trinajstić information content (AvgIpc) is 2.94. The van der Waals surface area contributed by atoms with E-state index in [0.29, 0.717) is 11.5 Å². The molecular weight excluding hydrogens is 599 g/mol. The van der Waals surface area contributed by atoms with E-state index in [0.717, 1.165) is 5.56 Å². The minimum absolute atomic E-state index is 0.0102. The number of carbonyl (C=O) groups is 2. The number of aryl methyl sites for hydroxylation is 1. The Labute approximate surface area is 254 Å². The van der Waals surface area contributed by atoms with Crippen LogP contribution in [0, 0.1) is 11.8 Å². The molecule has 3 atom stereocenters. The van der Waals surface area contributed by atoms with E-state index in [9.17, 15) is 27.1 Å². The molecule has 2 aromatic rings. The van der Waals surface area contributed by atoms with Crippen LogP contribution in [-0.2, 0) is 49.2 Å². The minimum atomic E-state index is -4.70. The van der Waals surface area contributed by atoms with Crippen LogP contribution in [0.5, 0.6) is 11.5 Å². The molecule has 2 aromatic carbocycles. The zero-order valence-electron chi connectivity index (χ0n) is 25.5. The van der Waals surface area contributed by atoms with Crippen molar-refractivity contribution in [1.82, 2.24) is 0 Å². The molecule has 11 nitrogen and oxygen atoms in total. The fourth-order valence-electron chi connectivity index (χ4n) is 3.77. The van der Waals surface area contributed by atoms with Crippen LogP contribution < -0.4 is 4.74 Å². The molecule has 0 saturated heterocycles. The lowest BCUT2D eigenvalue weighted by Gasteiger charge is -2.34. The second kappa shape index (κ2) is 16.9. The Morgan fingerprint density at radius 1 is 0.814 bits per heavy atom. The number of para-hydroxylation sites is 1. The predicted molar refractivity (Wildman–Crippen MR) is 161 cm³/mol. The number of rotatable bonds is 18. The van der Waals surface area contributed by atoms with Gasteiger partial charge in [0.05, 0.1) is 11.4 Å². The molecule has 1 N–H and O–H groups in total. The fourth-order valence-corrected chi connectivity index (χ4v) is 7.71. The fraction of sp³-hybridized carbons (Fsp3) is 0.533. The minimum Gasteiger partial charge on any atom is -0.457 e. The summed E-state index contributed by atoms with van der Waals surface area (Å²) in [4.78, 5) is 24.3. The number of ether oxygens (including phenoxy) is 3. The van der Waals surface area contributed by atoms with E-state index in [-0.39, 0.29) is 25.7 Å². The van der Waals surface area contributed by atoms with E-state index in [1.165, 1.54) is 0 Å². The summed E-state index contributed by atoms with van der Waals surface area (Å²) in [5.41, 5.74) is -0.708. The molecule has 0 radical (unpaired) electrons. The van der Waals surface area contributed by atoms with Crippen molar-refractivity contribution in [1.29, 1.82) is 0 Å². The van der Waals surface area contributed by atoms with Gasteiger partial charge < -0.3 is 14.2 Å². The van der Waals surface area contributed by atoms with Gasteiger partial charge in [0.2, 0.25) is 12.6 Å². The number of esters is 2. The van der Waals surface area contributed by atoms with Crippen molar-refractivity contribution < 1.29 is 50.4 Å². The van der Waals surface area contributed by atoms with Crippen molar-refractivity contribution in [2.45, 2.75) is 85.5 Å². The van der Waals surface area contributed by atoms with Crippen molar-refractivity contribution in [3.05, 3.63) is 60.2 Å². The summed E-state index contributed by atoms with van der Waals surface area (Å²) < 4.78 is 77.2. The summed E-state index contributed by atoms with van der Waals surface area (Å²) >= 11 is 0. The predicted octanol–water partition coefficient (Wildman–Crippen LogP) is 6.76. The highest BCUT2D eigenvalue weighted by atomic mass is 32.2. The first-order valence-corrected chi connectivity index (χ1v) is 17.5. The van der Waals surface area contributed by atoms with Gasteiger partial charge in [0, 0.05) is 24.7 Å². The molecule has 0 aliphatic heterocycles. The second-order valence-electron chi connectivity index (χ2n) is 10.7. The molecule has 2 rings (SSSR count). The van der Waals surface area contributed by atoms with Crippen molar-refractivity contribution in [3.63, 3.8) is 0 Å². The zero-order chi connectivity index (χ0) is 32.2. The molecule has 240 valence electrons. The Balaban J connectivity index is 2.48. The Morgan fingerprint density at radius 3 is 1.79 bits per heavy atom. The number of carbonyl (C=O) groups excluding carboxylic acids is 2. The van der Waals surface area contributed by atoms with Crippen LogP contribution in [0.15, 0.2) is 54.6 Å². The molecule has 0 saturated carbocycles. The van der Waals surface area contributed by atoms with Crippen molar-refractivity contribution in [2.24, 2.45) is 11.8 Å². The van der Waals surface area contributed by atoms with Gasteiger partial charge >= 0.3 is 19.5 Å². The first kappa shape index (κ1) is 36.4. The molecule has 13 heteroatoms. The van der Waals surface area contributed by atoms with Crippen molar-refractivity contribution in [2.75, 3.05) is 5.75 Å². The lowest BCUT2D eigenvalue weighted by Crippen LogP contribution is -2.34. The van der Waals surface area contributed by atoms with Gasteiger partial charge in [-0.15, -0.1) is 0 Å². The molecule has 3 unspecified atom stereocenters. The molecule has 0 spiro atoms. The van der Waals surface area contributed by atoms with E-state index < -0.39 is 65.5 Å². The van der Waals surface area contributed by atoms with E-state index in [2.05, 4.69) is 0 Å². The summed E-state index contributed by atoms with van der Waals surface area (Å²) in [5.74, 6) is -2.12. The van der Waals surface area contributed by atoms with Gasteiger partial charge in [-0.25, -0.2) is 0 Å². The third kappa shape index (κ3) is 12.8. The summed E-state index contributed by atoms with van der Waals surface area (Å²) in [6.07, 6.45) is -2.64. The largest absolute Gasteiger partial charge is 0.457 e. The van der Waals surface area contributed by atoms with Crippen molar-refractivity contribution in [3.8, 4) is 11.5 Å². The summed E-state index contributed by atoms with van der Waals surface area (Å²) in [5, 5.41) is 0. The summed E-state index contributed by atoms with van der Waals surface area (Å²) in [6, 6.07) is 16.2. The molecule has 0 heterocycles. The van der Waals surface area contributed by atoms with Crippen LogP contribution in [-0.4, -0.2) is 48.9 Å². The maximum absolute atomic E-state index is 14.7. The number of hydrogen-bond donors (Lipinski definition) is 1. The first-order chi connectivity index (χ1) is 20.2. The topological polar surface area (TPSA) is 152 Å². The maximum Gasteiger partial charge on any atom is 0.341 e. The third-order valence-corrected chi connectivity index (χ3v) is 9.57. The molecule has 0 fully saturated rings. The van der Waals surface area contributed by atoms with Gasteiger partial charge in [0.25, 0.3) is 10.1 Å². The molecule has 0 aliphatic carbocycles. The normalized spacial score (nSPS) is 15.4. The van der Waals surface area contributed by atoms with Gasteiger partial charge in [0.1, 0.15) is 11.5 Å². The number of benzene rings is 2. The third-order valence-electron chi connectivity index (χ3n) is 6.16. The quantitative estimate of drug-likeness (QED) is 0.0794. The van der Waals surface area contributed by atoms with Gasteiger partial charge in [-0.2, -0.15) is 8.42 Å². The van der Waals surface area contributed by atoms with Gasteiger partial charge in [-0.3, -0.25) is 27.8 Å². The highest BCUT2D eigenvalue weighted by Crippen LogP contribution is 2.58. The first-order valence-electron chi connectivity index (χ1n) is 14.3. The van der Waals surface area contributed by atoms with E-state index >= 15 is 0 Å². The van der Waals surface area contributed by atoms with Gasteiger partial charge in [-0.1, -0.05) is 71.9 Å². The lowest BCUT2D eigenvalue weighted by molar-refractivity contribution is -0.179. The Bertz CT molecular complexity index is 1290. The van der Waals surface area contributed by atoms with Crippen LogP contribution in [0.4, 0.5) is 0 Å². The van der Waals surface area contributed by atoms with Crippen LogP contribution in [0.3, 0.4) is 0 Å². The molecule has 0 amide bonds. The van der Waals surface area contributed by atoms with Crippen LogP contribution >= 0.6 is 7.60 Å². The standard InChI is InChI=1S/C30H43O11PS/c1-7-27(31)38-29(21(3)4)40-42(33,41-30(22(5)6)39-28(32)8-2)26(20-43(34,35)36)18-17-23-13-12-16-25(19-23)37-24-14-10-9-11-15-24/h9-16,19,21-22,26,29-30H,7-8,17-18,20H2,1-6H3,(H,34,35,36). The molecule has 0 bridgehead atoms. The van der Waals surface area contributed by atoms with Crippen LogP contribution in [0.1, 0.15) is 66.4 Å². The Morgan fingerprint density at radius 2 is 1.33 bits per heavy atom. The van der Waals surface area contributed by atoms with Gasteiger partial charge in [-0.05, 0) is 42.7 Å². The molecule has 43 heavy (non-hydrogen) atoms. The van der Waals surface area contributed by atoms with Crippen LogP contribution in [0.25, 0.3) is 0 Å². The van der Waals surface area contributed by atoms with E-state index in [4.69, 9.17) is 23.3 Å². The lowest BCUT2D eigenvalue weighted by atomic mass is 10.1. The molecular formula is C30H43O11PS. The monoisotopic (exact) mass is 642 g/mol. The van der Waals surface area contributed by atoms with Gasteiger partial charge in [0.15, 0.2) is 0 Å². The number of hydrogen-bond acceptors (Lipinski definition) is 10. The smallest absolute Gasteiger partial charge is 0.341 e. The van der Waals surface area contributed by atoms with E-state index in [1.54, 1.807) is 77.9 Å². The Kier molecular flexibility index (Phi) is 14.3. The second-order valence-corrected chi connectivity index (χ2v) is 14.4. The zero-order valence-corrected chi connectivity index (χ0v) is 27.2. The van der Waals surface area contributed by atoms with Crippen LogP contribution in [0.2, 0.25) is 0 Å².